The first kappa shape index (κ1) is 26.8. The molecular formula is C22H26ClF3N2O4S. The van der Waals surface area contributed by atoms with Crippen LogP contribution in [0.1, 0.15) is 30.5 Å². The summed E-state index contributed by atoms with van der Waals surface area (Å²) in [6.07, 6.45) is -5.49. The molecule has 2 aromatic rings. The van der Waals surface area contributed by atoms with Crippen molar-refractivity contribution >= 4 is 38.9 Å². The molecule has 0 saturated carbocycles. The molecule has 0 aliphatic rings. The summed E-state index contributed by atoms with van der Waals surface area (Å²) in [4.78, 5) is 13.9. The first-order chi connectivity index (χ1) is 15.3. The van der Waals surface area contributed by atoms with Crippen LogP contribution in [0.5, 0.6) is 0 Å². The summed E-state index contributed by atoms with van der Waals surface area (Å²) < 4.78 is 68.1. The summed E-state index contributed by atoms with van der Waals surface area (Å²) in [5.41, 5.74) is 2.16. The summed E-state index contributed by atoms with van der Waals surface area (Å²) in [6.45, 7) is 8.94. The topological polar surface area (TPSA) is 75.7 Å². The molecule has 0 atom stereocenters. The highest BCUT2D eigenvalue weighted by Gasteiger charge is 2.32. The fraction of sp³-hybridized carbons (Fsp3) is 0.409. The zero-order chi connectivity index (χ0) is 25.0. The monoisotopic (exact) mass is 506 g/mol. The van der Waals surface area contributed by atoms with Gasteiger partial charge in [0.25, 0.3) is 0 Å². The molecule has 1 amide bonds. The van der Waals surface area contributed by atoms with Gasteiger partial charge in [-0.25, -0.2) is 13.2 Å². The molecule has 182 valence electrons. The Balaban J connectivity index is 2.03. The van der Waals surface area contributed by atoms with E-state index >= 15 is 0 Å². The number of hydrogen-bond donors (Lipinski definition) is 1. The lowest BCUT2D eigenvalue weighted by atomic mass is 10.1. The molecule has 0 aromatic heterocycles. The molecule has 6 nitrogen and oxygen atoms in total. The van der Waals surface area contributed by atoms with Crippen molar-refractivity contribution in [3.8, 4) is 0 Å². The van der Waals surface area contributed by atoms with E-state index in [2.05, 4.69) is 10.2 Å². The van der Waals surface area contributed by atoms with Gasteiger partial charge in [0.2, 0.25) is 0 Å². The van der Waals surface area contributed by atoms with Gasteiger partial charge in [-0.3, -0.25) is 5.32 Å². The number of hydrogen-bond acceptors (Lipinski definition) is 5. The third-order valence-corrected chi connectivity index (χ3v) is 7.21. The lowest BCUT2D eigenvalue weighted by Crippen LogP contribution is -2.23. The van der Waals surface area contributed by atoms with E-state index in [9.17, 15) is 26.4 Å². The second kappa shape index (κ2) is 10.6. The van der Waals surface area contributed by atoms with E-state index in [0.717, 1.165) is 36.0 Å². The molecular weight excluding hydrogens is 481 g/mol. The molecule has 2 aromatic carbocycles. The number of amides is 1. The molecule has 33 heavy (non-hydrogen) atoms. The highest BCUT2D eigenvalue weighted by Crippen LogP contribution is 2.33. The number of rotatable bonds is 8. The zero-order valence-electron chi connectivity index (χ0n) is 18.7. The largest absolute Gasteiger partial charge is 0.448 e. The van der Waals surface area contributed by atoms with Crippen LogP contribution in [0.3, 0.4) is 0 Å². The van der Waals surface area contributed by atoms with Crippen molar-refractivity contribution in [1.82, 2.24) is 0 Å². The number of ether oxygens (including phenoxy) is 1. The van der Waals surface area contributed by atoms with Gasteiger partial charge in [0.15, 0.2) is 9.84 Å². The lowest BCUT2D eigenvalue weighted by Gasteiger charge is -2.23. The van der Waals surface area contributed by atoms with E-state index in [1.54, 1.807) is 0 Å². The maximum absolute atomic E-state index is 12.7. The van der Waals surface area contributed by atoms with Gasteiger partial charge in [-0.15, -0.1) is 0 Å². The number of halogens is 4. The Bertz CT molecular complexity index is 1090. The Morgan fingerprint density at radius 3 is 2.15 bits per heavy atom. The Kier molecular flexibility index (Phi) is 8.64. The molecule has 0 unspecified atom stereocenters. The summed E-state index contributed by atoms with van der Waals surface area (Å²) in [6, 6.07) is 5.86. The van der Waals surface area contributed by atoms with Gasteiger partial charge in [0.1, 0.15) is 6.61 Å². The first-order valence-electron chi connectivity index (χ1n) is 10.2. The highest BCUT2D eigenvalue weighted by molar-refractivity contribution is 7.91. The van der Waals surface area contributed by atoms with Crippen molar-refractivity contribution in [2.75, 3.05) is 35.7 Å². The third kappa shape index (κ3) is 6.77. The van der Waals surface area contributed by atoms with Crippen molar-refractivity contribution < 1.29 is 31.1 Å². The first-order valence-corrected chi connectivity index (χ1v) is 12.2. The van der Waals surface area contributed by atoms with Crippen LogP contribution < -0.4 is 10.2 Å². The van der Waals surface area contributed by atoms with Crippen molar-refractivity contribution in [3.05, 3.63) is 52.0 Å². The van der Waals surface area contributed by atoms with E-state index in [0.29, 0.717) is 17.8 Å². The standard InChI is InChI=1S/C22H26ClF3N2O4S/c1-5-28(6-2)17-11-14(3)20(15(4)12-17)27-21(29)32-9-10-33(30,31)19-8-7-16(13-18(19)23)22(24,25)26/h7-8,11-13H,5-6,9-10H2,1-4H3,(H,27,29). The third-order valence-electron chi connectivity index (χ3n) is 5.05. The van der Waals surface area contributed by atoms with E-state index < -0.39 is 49.9 Å². The number of nitrogens with one attached hydrogen (secondary N) is 1. The summed E-state index contributed by atoms with van der Waals surface area (Å²) in [7, 11) is -4.07. The second-order valence-electron chi connectivity index (χ2n) is 7.35. The molecule has 1 N–H and O–H groups in total. The van der Waals surface area contributed by atoms with Crippen molar-refractivity contribution in [2.45, 2.75) is 38.8 Å². The molecule has 0 spiro atoms. The maximum Gasteiger partial charge on any atom is 0.416 e. The SMILES string of the molecule is CCN(CC)c1cc(C)c(NC(=O)OCCS(=O)(=O)c2ccc(C(F)(F)F)cc2Cl)c(C)c1. The fourth-order valence-corrected chi connectivity index (χ4v) is 5.02. The van der Waals surface area contributed by atoms with Crippen LogP contribution in [0, 0.1) is 13.8 Å². The predicted octanol–water partition coefficient (Wildman–Crippen LogP) is 5.84. The second-order valence-corrected chi connectivity index (χ2v) is 9.83. The number of sulfone groups is 1. The number of nitrogens with zero attached hydrogens (tertiary/aromatic N) is 1. The molecule has 0 aliphatic carbocycles. The van der Waals surface area contributed by atoms with E-state index in [4.69, 9.17) is 16.3 Å². The average molecular weight is 507 g/mol. The lowest BCUT2D eigenvalue weighted by molar-refractivity contribution is -0.137. The van der Waals surface area contributed by atoms with E-state index in [1.807, 2.05) is 39.8 Å². The fourth-order valence-electron chi connectivity index (χ4n) is 3.33. The van der Waals surface area contributed by atoms with Crippen LogP contribution in [0.25, 0.3) is 0 Å². The van der Waals surface area contributed by atoms with Crippen molar-refractivity contribution in [1.29, 1.82) is 0 Å². The minimum atomic E-state index is -4.65. The van der Waals surface area contributed by atoms with E-state index in [1.165, 1.54) is 0 Å². The number of carbonyl (C=O) groups is 1. The van der Waals surface area contributed by atoms with Crippen LogP contribution >= 0.6 is 11.6 Å². The minimum Gasteiger partial charge on any atom is -0.448 e. The number of anilines is 2. The Morgan fingerprint density at radius 1 is 1.09 bits per heavy atom. The Labute approximate surface area is 196 Å². The van der Waals surface area contributed by atoms with E-state index in [-0.39, 0.29) is 0 Å². The molecule has 0 saturated heterocycles. The number of alkyl halides is 3. The van der Waals surface area contributed by atoms with Gasteiger partial charge in [0, 0.05) is 24.5 Å². The minimum absolute atomic E-state index is 0.458. The number of carbonyl (C=O) groups excluding carboxylic acids is 1. The maximum atomic E-state index is 12.7. The van der Waals surface area contributed by atoms with Gasteiger partial charge in [-0.1, -0.05) is 11.6 Å². The van der Waals surface area contributed by atoms with Crippen molar-refractivity contribution in [3.63, 3.8) is 0 Å². The van der Waals surface area contributed by atoms with Gasteiger partial charge in [-0.2, -0.15) is 13.2 Å². The smallest absolute Gasteiger partial charge is 0.416 e. The van der Waals surface area contributed by atoms with Gasteiger partial charge < -0.3 is 9.64 Å². The van der Waals surface area contributed by atoms with Crippen LogP contribution in [-0.2, 0) is 20.8 Å². The van der Waals surface area contributed by atoms with Crippen LogP contribution in [0.2, 0.25) is 5.02 Å². The predicted molar refractivity (Wildman–Crippen MR) is 123 cm³/mol. The van der Waals surface area contributed by atoms with Gasteiger partial charge in [-0.05, 0) is 69.2 Å². The molecule has 0 fully saturated rings. The molecule has 0 radical (unpaired) electrons. The molecule has 2 rings (SSSR count). The molecule has 0 heterocycles. The zero-order valence-corrected chi connectivity index (χ0v) is 20.3. The van der Waals surface area contributed by atoms with Crippen molar-refractivity contribution in [2.24, 2.45) is 0 Å². The normalized spacial score (nSPS) is 11.9. The highest BCUT2D eigenvalue weighted by atomic mass is 35.5. The molecule has 11 heteroatoms. The summed E-state index contributed by atoms with van der Waals surface area (Å²) >= 11 is 5.76. The van der Waals surface area contributed by atoms with Gasteiger partial charge in [0.05, 0.1) is 21.2 Å². The number of benzene rings is 2. The Morgan fingerprint density at radius 2 is 1.67 bits per heavy atom. The average Bonchev–Trinajstić information content (AvgIpc) is 2.70. The number of aryl methyl sites for hydroxylation is 2. The quantitative estimate of drug-likeness (QED) is 0.486. The molecule has 0 bridgehead atoms. The van der Waals surface area contributed by atoms with Gasteiger partial charge >= 0.3 is 12.3 Å². The Hall–Kier alpha value is -2.46. The van der Waals surface area contributed by atoms with Crippen LogP contribution in [0.15, 0.2) is 35.2 Å². The van der Waals surface area contributed by atoms with Crippen LogP contribution in [0.4, 0.5) is 29.3 Å². The summed E-state index contributed by atoms with van der Waals surface area (Å²) in [5.74, 6) is -0.635. The van der Waals surface area contributed by atoms with Crippen LogP contribution in [-0.4, -0.2) is 40.0 Å². The summed E-state index contributed by atoms with van der Waals surface area (Å²) in [5, 5.41) is 2.07. The molecule has 0 aliphatic heterocycles.